The molecule has 1 heterocycles. The lowest BCUT2D eigenvalue weighted by atomic mass is 10.0. The van der Waals surface area contributed by atoms with Crippen molar-refractivity contribution in [2.45, 2.75) is 46.3 Å². The molecule has 2 aromatic rings. The van der Waals surface area contributed by atoms with E-state index < -0.39 is 11.7 Å². The van der Waals surface area contributed by atoms with Crippen LogP contribution in [-0.2, 0) is 9.47 Å². The third kappa shape index (κ3) is 5.53. The van der Waals surface area contributed by atoms with Crippen LogP contribution in [0.3, 0.4) is 0 Å². The van der Waals surface area contributed by atoms with Crippen LogP contribution < -0.4 is 10.6 Å². The van der Waals surface area contributed by atoms with Gasteiger partial charge < -0.3 is 20.1 Å². The van der Waals surface area contributed by atoms with Crippen molar-refractivity contribution in [3.63, 3.8) is 0 Å². The maximum atomic E-state index is 13.9. The second kappa shape index (κ2) is 8.52. The summed E-state index contributed by atoms with van der Waals surface area (Å²) in [4.78, 5) is 16.7. The summed E-state index contributed by atoms with van der Waals surface area (Å²) in [6, 6.07) is 4.67. The van der Waals surface area contributed by atoms with E-state index in [0.29, 0.717) is 30.0 Å². The molecule has 0 unspecified atom stereocenters. The molecule has 27 heavy (non-hydrogen) atoms. The number of methoxy groups -OCH3 is 1. The van der Waals surface area contributed by atoms with E-state index in [2.05, 4.69) is 15.6 Å². The van der Waals surface area contributed by atoms with Crippen LogP contribution in [-0.4, -0.2) is 36.9 Å². The lowest BCUT2D eigenvalue weighted by Crippen LogP contribution is -2.34. The van der Waals surface area contributed by atoms with Crippen molar-refractivity contribution >= 4 is 22.8 Å². The summed E-state index contributed by atoms with van der Waals surface area (Å²) >= 11 is 0. The first-order valence-corrected chi connectivity index (χ1v) is 8.94. The molecule has 0 fully saturated rings. The molecule has 0 bridgehead atoms. The minimum absolute atomic E-state index is 0.300. The molecular formula is C20H28FN3O3. The molecule has 1 atom stereocenters. The second-order valence-corrected chi connectivity index (χ2v) is 7.46. The highest BCUT2D eigenvalue weighted by Gasteiger charge is 2.21. The fourth-order valence-electron chi connectivity index (χ4n) is 2.68. The van der Waals surface area contributed by atoms with Crippen LogP contribution in [0.2, 0.25) is 0 Å². The van der Waals surface area contributed by atoms with Crippen LogP contribution >= 0.6 is 0 Å². The van der Waals surface area contributed by atoms with Gasteiger partial charge in [-0.05, 0) is 52.8 Å². The number of benzene rings is 1. The number of nitrogens with one attached hydrogen (secondary N) is 2. The molecule has 0 aliphatic heterocycles. The van der Waals surface area contributed by atoms with Crippen molar-refractivity contribution in [2.75, 3.05) is 25.6 Å². The van der Waals surface area contributed by atoms with E-state index in [1.54, 1.807) is 20.1 Å². The van der Waals surface area contributed by atoms with Gasteiger partial charge in [0.15, 0.2) is 0 Å². The number of carbonyl (C=O) groups is 1. The van der Waals surface area contributed by atoms with E-state index in [1.807, 2.05) is 33.8 Å². The summed E-state index contributed by atoms with van der Waals surface area (Å²) in [5, 5.41) is 6.84. The lowest BCUT2D eigenvalue weighted by molar-refractivity contribution is 0.0508. The van der Waals surface area contributed by atoms with E-state index in [0.717, 1.165) is 10.9 Å². The Morgan fingerprint density at radius 2 is 2.04 bits per heavy atom. The number of ether oxygens (including phenoxy) is 2. The zero-order valence-electron chi connectivity index (χ0n) is 16.8. The molecule has 6 nitrogen and oxygen atoms in total. The van der Waals surface area contributed by atoms with Gasteiger partial charge in [-0.3, -0.25) is 0 Å². The van der Waals surface area contributed by atoms with E-state index >= 15 is 0 Å². The third-order valence-electron chi connectivity index (χ3n) is 4.00. The molecule has 7 heteroatoms. The normalized spacial score (nSPS) is 12.7. The van der Waals surface area contributed by atoms with Gasteiger partial charge >= 0.3 is 6.09 Å². The number of alkyl carbamates (subject to hydrolysis) is 1. The standard InChI is InChI=1S/C20H28FN3O3/c1-12-16(21)8-7-14-11-15(13(2)23-19(25)27-20(3,4)5)18(24-17(12)14)22-9-10-26-6/h7-8,11,13H,9-10H2,1-6H3,(H,22,24)(H,23,25)/t13-/m0/s1. The second-order valence-electron chi connectivity index (χ2n) is 7.46. The third-order valence-corrected chi connectivity index (χ3v) is 4.00. The minimum Gasteiger partial charge on any atom is -0.444 e. The van der Waals surface area contributed by atoms with Crippen molar-refractivity contribution in [3.05, 3.63) is 35.1 Å². The number of halogens is 1. The average Bonchev–Trinajstić information content (AvgIpc) is 2.56. The monoisotopic (exact) mass is 377 g/mol. The van der Waals surface area contributed by atoms with Crippen molar-refractivity contribution in [1.29, 1.82) is 0 Å². The quantitative estimate of drug-likeness (QED) is 0.733. The summed E-state index contributed by atoms with van der Waals surface area (Å²) in [5.74, 6) is 0.280. The number of aromatic nitrogens is 1. The van der Waals surface area contributed by atoms with Gasteiger partial charge in [-0.25, -0.2) is 14.2 Å². The van der Waals surface area contributed by atoms with Gasteiger partial charge in [0, 0.05) is 30.2 Å². The Morgan fingerprint density at radius 1 is 1.33 bits per heavy atom. The fourth-order valence-corrected chi connectivity index (χ4v) is 2.68. The number of pyridine rings is 1. The van der Waals surface area contributed by atoms with Gasteiger partial charge in [0.25, 0.3) is 0 Å². The number of amides is 1. The highest BCUT2D eigenvalue weighted by atomic mass is 19.1. The maximum Gasteiger partial charge on any atom is 0.408 e. The number of anilines is 1. The molecule has 0 aliphatic rings. The molecule has 0 saturated carbocycles. The maximum absolute atomic E-state index is 13.9. The summed E-state index contributed by atoms with van der Waals surface area (Å²) in [6.45, 7) is 10.0. The Bertz CT molecular complexity index is 818. The van der Waals surface area contributed by atoms with Crippen molar-refractivity contribution in [3.8, 4) is 0 Å². The van der Waals surface area contributed by atoms with Gasteiger partial charge in [-0.15, -0.1) is 0 Å². The van der Waals surface area contributed by atoms with Gasteiger partial charge in [-0.2, -0.15) is 0 Å². The lowest BCUT2D eigenvalue weighted by Gasteiger charge is -2.23. The number of hydrogen-bond acceptors (Lipinski definition) is 5. The number of nitrogens with zero attached hydrogens (tertiary/aromatic N) is 1. The van der Waals surface area contributed by atoms with Gasteiger partial charge in [0.2, 0.25) is 0 Å². The van der Waals surface area contributed by atoms with Crippen molar-refractivity contribution in [1.82, 2.24) is 10.3 Å². The predicted octanol–water partition coefficient (Wildman–Crippen LogP) is 4.33. The van der Waals surface area contributed by atoms with E-state index in [-0.39, 0.29) is 11.9 Å². The molecule has 1 amide bonds. The van der Waals surface area contributed by atoms with Crippen molar-refractivity contribution < 1.29 is 18.7 Å². The number of rotatable bonds is 6. The largest absolute Gasteiger partial charge is 0.444 e. The topological polar surface area (TPSA) is 72.5 Å². The molecular weight excluding hydrogens is 349 g/mol. The molecule has 1 aromatic carbocycles. The number of aryl methyl sites for hydroxylation is 1. The SMILES string of the molecule is COCCNc1nc2c(C)c(F)ccc2cc1[C@H](C)NC(=O)OC(C)(C)C. The zero-order valence-corrected chi connectivity index (χ0v) is 16.8. The van der Waals surface area contributed by atoms with Crippen LogP contribution in [0.25, 0.3) is 10.9 Å². The van der Waals surface area contributed by atoms with Crippen LogP contribution in [0.5, 0.6) is 0 Å². The molecule has 2 rings (SSSR count). The number of fused-ring (bicyclic) bond motifs is 1. The molecule has 1 aromatic heterocycles. The van der Waals surface area contributed by atoms with Crippen LogP contribution in [0, 0.1) is 12.7 Å². The number of hydrogen-bond donors (Lipinski definition) is 2. The summed E-state index contributed by atoms with van der Waals surface area (Å²) in [6.07, 6.45) is -0.506. The number of carbonyl (C=O) groups excluding carboxylic acids is 1. The minimum atomic E-state index is -0.584. The highest BCUT2D eigenvalue weighted by molar-refractivity contribution is 5.85. The van der Waals surface area contributed by atoms with Crippen molar-refractivity contribution in [2.24, 2.45) is 0 Å². The predicted molar refractivity (Wildman–Crippen MR) is 105 cm³/mol. The molecule has 0 saturated heterocycles. The molecule has 2 N–H and O–H groups in total. The molecule has 0 aliphatic carbocycles. The first-order chi connectivity index (χ1) is 12.6. The van der Waals surface area contributed by atoms with E-state index in [9.17, 15) is 9.18 Å². The molecule has 0 radical (unpaired) electrons. The Hall–Kier alpha value is -2.41. The van der Waals surface area contributed by atoms with Gasteiger partial charge in [-0.1, -0.05) is 0 Å². The van der Waals surface area contributed by atoms with Gasteiger partial charge in [0.05, 0.1) is 18.2 Å². The zero-order chi connectivity index (χ0) is 20.2. The fraction of sp³-hybridized carbons (Fsp3) is 0.500. The molecule has 148 valence electrons. The summed E-state index contributed by atoms with van der Waals surface area (Å²) < 4.78 is 24.3. The molecule has 0 spiro atoms. The highest BCUT2D eigenvalue weighted by Crippen LogP contribution is 2.28. The average molecular weight is 377 g/mol. The van der Waals surface area contributed by atoms with Crippen LogP contribution in [0.4, 0.5) is 15.0 Å². The van der Waals surface area contributed by atoms with Crippen LogP contribution in [0.15, 0.2) is 18.2 Å². The van der Waals surface area contributed by atoms with E-state index in [1.165, 1.54) is 6.07 Å². The smallest absolute Gasteiger partial charge is 0.408 e. The first-order valence-electron chi connectivity index (χ1n) is 8.94. The Kier molecular flexibility index (Phi) is 6.59. The Balaban J connectivity index is 2.38. The van der Waals surface area contributed by atoms with E-state index in [4.69, 9.17) is 9.47 Å². The Labute approximate surface area is 159 Å². The first kappa shape index (κ1) is 20.9. The Morgan fingerprint density at radius 3 is 2.67 bits per heavy atom. The summed E-state index contributed by atoms with van der Waals surface area (Å²) in [7, 11) is 1.61. The summed E-state index contributed by atoms with van der Waals surface area (Å²) in [5.41, 5.74) is 1.28. The van der Waals surface area contributed by atoms with Crippen LogP contribution in [0.1, 0.15) is 44.9 Å². The van der Waals surface area contributed by atoms with Gasteiger partial charge in [0.1, 0.15) is 17.2 Å².